The van der Waals surface area contributed by atoms with E-state index in [1.165, 1.54) is 19.2 Å². The molecule has 1 N–H and O–H groups in total. The maximum Gasteiger partial charge on any atom is 0.435 e. The number of nitrogens with zero attached hydrogens (tertiary/aromatic N) is 4. The Hall–Kier alpha value is -3.47. The van der Waals surface area contributed by atoms with Crippen LogP contribution >= 0.6 is 0 Å². The highest BCUT2D eigenvalue weighted by atomic mass is 19.4. The monoisotopic (exact) mass is 459 g/mol. The van der Waals surface area contributed by atoms with E-state index in [1.807, 2.05) is 0 Å². The van der Waals surface area contributed by atoms with Gasteiger partial charge in [-0.05, 0) is 18.4 Å². The molecule has 33 heavy (non-hydrogen) atoms. The number of alkyl halides is 3. The molecule has 1 saturated carbocycles. The van der Waals surface area contributed by atoms with Gasteiger partial charge in [0.25, 0.3) is 11.4 Å². The van der Waals surface area contributed by atoms with Crippen molar-refractivity contribution in [2.45, 2.75) is 44.4 Å². The molecule has 0 bridgehead atoms. The van der Waals surface area contributed by atoms with E-state index in [-0.39, 0.29) is 46.4 Å². The molecule has 0 spiro atoms. The lowest BCUT2D eigenvalue weighted by Gasteiger charge is -2.09. The lowest BCUT2D eigenvalue weighted by molar-refractivity contribution is -0.140. The predicted octanol–water partition coefficient (Wildman–Crippen LogP) is 4.56. The molecule has 0 unspecified atom stereocenters. The lowest BCUT2D eigenvalue weighted by Crippen LogP contribution is -2.21. The standard InChI is InChI=1S/C22H20F3N5O3/c1-32-11-14-16(20-28-27-19(33-20)13-9-5-6-10-13)21(31)30-18(26-14)15(12-7-3-2-4-8-12)17(29-30)22(23,24)25/h2-4,7-8,13,26H,5-6,9-11H2,1H3. The summed E-state index contributed by atoms with van der Waals surface area (Å²) < 4.78 is 53.4. The second kappa shape index (κ2) is 8.14. The molecule has 5 rings (SSSR count). The average Bonchev–Trinajstić information content (AvgIpc) is 3.53. The van der Waals surface area contributed by atoms with Crippen molar-refractivity contribution in [3.8, 4) is 22.6 Å². The fourth-order valence-electron chi connectivity index (χ4n) is 4.34. The van der Waals surface area contributed by atoms with E-state index in [1.54, 1.807) is 18.2 Å². The number of aromatic nitrogens is 5. The second-order valence-corrected chi connectivity index (χ2v) is 7.99. The smallest absolute Gasteiger partial charge is 0.420 e. The number of benzene rings is 1. The summed E-state index contributed by atoms with van der Waals surface area (Å²) >= 11 is 0. The third-order valence-corrected chi connectivity index (χ3v) is 5.84. The normalized spacial score (nSPS) is 15.0. The number of ether oxygens (including phenoxy) is 1. The topological polar surface area (TPSA) is 98.3 Å². The van der Waals surface area contributed by atoms with Gasteiger partial charge in [0.05, 0.1) is 17.9 Å². The SMILES string of the molecule is COCc1[nH]c2c(-c3ccccc3)c(C(F)(F)F)nn2c(=O)c1-c1nnc(C2CCCC2)o1. The fourth-order valence-corrected chi connectivity index (χ4v) is 4.34. The van der Waals surface area contributed by atoms with Crippen LogP contribution in [0.15, 0.2) is 39.5 Å². The zero-order valence-corrected chi connectivity index (χ0v) is 17.6. The first-order valence-corrected chi connectivity index (χ1v) is 10.5. The van der Waals surface area contributed by atoms with Crippen molar-refractivity contribution in [2.75, 3.05) is 7.11 Å². The van der Waals surface area contributed by atoms with Gasteiger partial charge in [0, 0.05) is 13.0 Å². The number of nitrogens with one attached hydrogen (secondary N) is 1. The van der Waals surface area contributed by atoms with Gasteiger partial charge in [0.2, 0.25) is 5.89 Å². The quantitative estimate of drug-likeness (QED) is 0.470. The summed E-state index contributed by atoms with van der Waals surface area (Å²) in [5.74, 6) is 0.468. The first kappa shape index (κ1) is 21.4. The minimum absolute atomic E-state index is 0.0584. The first-order valence-electron chi connectivity index (χ1n) is 10.5. The van der Waals surface area contributed by atoms with E-state index in [9.17, 15) is 18.0 Å². The van der Waals surface area contributed by atoms with Crippen molar-refractivity contribution in [1.29, 1.82) is 0 Å². The Labute approximate surface area is 185 Å². The third kappa shape index (κ3) is 3.71. The molecule has 1 aromatic carbocycles. The number of fused-ring (bicyclic) bond motifs is 1. The van der Waals surface area contributed by atoms with Gasteiger partial charge in [0.1, 0.15) is 11.2 Å². The highest BCUT2D eigenvalue weighted by Gasteiger charge is 2.40. The van der Waals surface area contributed by atoms with Crippen LogP contribution in [0.25, 0.3) is 28.2 Å². The third-order valence-electron chi connectivity index (χ3n) is 5.84. The highest BCUT2D eigenvalue weighted by Crippen LogP contribution is 2.39. The van der Waals surface area contributed by atoms with Crippen molar-refractivity contribution in [3.63, 3.8) is 0 Å². The molecule has 1 fully saturated rings. The average molecular weight is 459 g/mol. The first-order chi connectivity index (χ1) is 15.9. The Balaban J connectivity index is 1.76. The number of hydrogen-bond donors (Lipinski definition) is 1. The summed E-state index contributed by atoms with van der Waals surface area (Å²) in [6, 6.07) is 7.98. The molecule has 0 atom stereocenters. The van der Waals surface area contributed by atoms with Crippen molar-refractivity contribution >= 4 is 5.65 Å². The van der Waals surface area contributed by atoms with E-state index < -0.39 is 17.4 Å². The van der Waals surface area contributed by atoms with E-state index in [2.05, 4.69) is 20.3 Å². The molecule has 172 valence electrons. The molecule has 3 heterocycles. The van der Waals surface area contributed by atoms with Crippen LogP contribution in [-0.2, 0) is 17.5 Å². The van der Waals surface area contributed by atoms with Crippen molar-refractivity contribution < 1.29 is 22.3 Å². The molecule has 1 aliphatic carbocycles. The van der Waals surface area contributed by atoms with Crippen LogP contribution < -0.4 is 5.56 Å². The molecule has 1 aliphatic rings. The van der Waals surface area contributed by atoms with Gasteiger partial charge in [0.15, 0.2) is 5.69 Å². The summed E-state index contributed by atoms with van der Waals surface area (Å²) in [6.07, 6.45) is -0.842. The van der Waals surface area contributed by atoms with E-state index >= 15 is 0 Å². The van der Waals surface area contributed by atoms with Crippen LogP contribution in [0.2, 0.25) is 0 Å². The van der Waals surface area contributed by atoms with Gasteiger partial charge in [-0.2, -0.15) is 22.8 Å². The maximum atomic E-state index is 13.9. The summed E-state index contributed by atoms with van der Waals surface area (Å²) in [5, 5.41) is 11.8. The number of aromatic amines is 1. The van der Waals surface area contributed by atoms with Crippen LogP contribution in [0.1, 0.15) is 48.9 Å². The van der Waals surface area contributed by atoms with E-state index in [0.717, 1.165) is 25.7 Å². The van der Waals surface area contributed by atoms with Crippen LogP contribution in [-0.4, -0.2) is 31.9 Å². The Bertz CT molecular complexity index is 1350. The molecule has 3 aromatic heterocycles. The number of hydrogen-bond acceptors (Lipinski definition) is 6. The molecule has 0 aliphatic heterocycles. The predicted molar refractivity (Wildman–Crippen MR) is 111 cm³/mol. The van der Waals surface area contributed by atoms with Crippen LogP contribution in [0.3, 0.4) is 0 Å². The molecular formula is C22H20F3N5O3. The molecule has 8 nitrogen and oxygen atoms in total. The Kier molecular flexibility index (Phi) is 5.28. The number of H-pyrrole nitrogens is 1. The van der Waals surface area contributed by atoms with Crippen LogP contribution in [0, 0.1) is 0 Å². The van der Waals surface area contributed by atoms with Gasteiger partial charge in [-0.25, -0.2) is 0 Å². The number of methoxy groups -OCH3 is 1. The van der Waals surface area contributed by atoms with Gasteiger partial charge in [-0.15, -0.1) is 10.2 Å². The van der Waals surface area contributed by atoms with Crippen molar-refractivity contribution in [2.24, 2.45) is 0 Å². The molecule has 0 saturated heterocycles. The minimum atomic E-state index is -4.78. The Morgan fingerprint density at radius 1 is 1.15 bits per heavy atom. The van der Waals surface area contributed by atoms with E-state index in [4.69, 9.17) is 9.15 Å². The summed E-state index contributed by atoms with van der Waals surface area (Å²) in [7, 11) is 1.42. The lowest BCUT2D eigenvalue weighted by atomic mass is 10.1. The molecule has 0 amide bonds. The summed E-state index contributed by atoms with van der Waals surface area (Å²) in [4.78, 5) is 16.3. The van der Waals surface area contributed by atoms with E-state index in [0.29, 0.717) is 10.4 Å². The Morgan fingerprint density at radius 3 is 2.55 bits per heavy atom. The highest BCUT2D eigenvalue weighted by molar-refractivity contribution is 5.81. The van der Waals surface area contributed by atoms with Crippen molar-refractivity contribution in [1.82, 2.24) is 24.8 Å². The maximum absolute atomic E-state index is 13.9. The summed E-state index contributed by atoms with van der Waals surface area (Å²) in [5.41, 5.74) is -1.84. The van der Waals surface area contributed by atoms with Gasteiger partial charge in [-0.1, -0.05) is 43.2 Å². The minimum Gasteiger partial charge on any atom is -0.420 e. The Morgan fingerprint density at radius 2 is 1.88 bits per heavy atom. The van der Waals surface area contributed by atoms with Crippen LogP contribution in [0.5, 0.6) is 0 Å². The number of rotatable bonds is 5. The second-order valence-electron chi connectivity index (χ2n) is 7.99. The zero-order chi connectivity index (χ0) is 23.2. The summed E-state index contributed by atoms with van der Waals surface area (Å²) in [6.45, 7) is -0.0804. The number of halogens is 3. The molecule has 0 radical (unpaired) electrons. The zero-order valence-electron chi connectivity index (χ0n) is 17.6. The molecule has 4 aromatic rings. The van der Waals surface area contributed by atoms with Crippen molar-refractivity contribution in [3.05, 3.63) is 58.0 Å². The van der Waals surface area contributed by atoms with Gasteiger partial charge in [-0.3, -0.25) is 4.79 Å². The molecule has 11 heteroatoms. The fraction of sp³-hybridized carbons (Fsp3) is 0.364. The van der Waals surface area contributed by atoms with Gasteiger partial charge < -0.3 is 14.1 Å². The largest absolute Gasteiger partial charge is 0.435 e. The van der Waals surface area contributed by atoms with Gasteiger partial charge >= 0.3 is 6.18 Å². The van der Waals surface area contributed by atoms with Crippen LogP contribution in [0.4, 0.5) is 13.2 Å². The molecular weight excluding hydrogens is 439 g/mol.